The van der Waals surface area contributed by atoms with Crippen LogP contribution in [0, 0.1) is 0 Å². The summed E-state index contributed by atoms with van der Waals surface area (Å²) in [4.78, 5) is 12.7. The molecule has 0 atom stereocenters. The molecule has 0 fully saturated rings. The number of phenolic OH excluding ortho intramolecular Hbond substituents is 1. The first-order chi connectivity index (χ1) is 11.9. The second-order valence-electron chi connectivity index (χ2n) is 5.39. The van der Waals surface area contributed by atoms with E-state index in [1.165, 1.54) is 12.1 Å². The molecule has 0 aliphatic carbocycles. The molecule has 3 rings (SSSR count). The van der Waals surface area contributed by atoms with Crippen LogP contribution >= 0.6 is 23.2 Å². The molecule has 0 bridgehead atoms. The van der Waals surface area contributed by atoms with E-state index in [-0.39, 0.29) is 22.4 Å². The Labute approximate surface area is 154 Å². The fraction of sp³-hybridized carbons (Fsp3) is 0.111. The lowest BCUT2D eigenvalue weighted by Gasteiger charge is -2.12. The Hall–Kier alpha value is -2.50. The van der Waals surface area contributed by atoms with Gasteiger partial charge in [-0.1, -0.05) is 29.3 Å². The number of nitrogens with zero attached hydrogens (tertiary/aromatic N) is 2. The summed E-state index contributed by atoms with van der Waals surface area (Å²) in [6, 6.07) is 10.0. The van der Waals surface area contributed by atoms with Gasteiger partial charge in [-0.25, -0.2) is 0 Å². The second-order valence-corrected chi connectivity index (χ2v) is 6.24. The van der Waals surface area contributed by atoms with Crippen LogP contribution in [0.4, 0.5) is 5.69 Å². The highest BCUT2D eigenvalue weighted by atomic mass is 35.5. The molecule has 0 saturated carbocycles. The fourth-order valence-electron chi connectivity index (χ4n) is 2.47. The zero-order chi connectivity index (χ0) is 18.1. The molecule has 1 aliphatic heterocycles. The van der Waals surface area contributed by atoms with Crippen molar-refractivity contribution in [3.63, 3.8) is 0 Å². The lowest BCUT2D eigenvalue weighted by molar-refractivity contribution is -0.114. The van der Waals surface area contributed by atoms with Crippen molar-refractivity contribution in [3.8, 4) is 11.5 Å². The smallest absolute Gasteiger partial charge is 0.280 e. The first kappa shape index (κ1) is 17.3. The van der Waals surface area contributed by atoms with Crippen molar-refractivity contribution in [2.24, 2.45) is 5.10 Å². The van der Waals surface area contributed by atoms with Gasteiger partial charge in [0.15, 0.2) is 11.5 Å². The van der Waals surface area contributed by atoms with Gasteiger partial charge in [-0.15, -0.1) is 0 Å². The maximum atomic E-state index is 12.7. The molecule has 5 nitrogen and oxygen atoms in total. The molecule has 1 N–H and O–H groups in total. The van der Waals surface area contributed by atoms with Crippen LogP contribution in [0.2, 0.25) is 10.0 Å². The summed E-state index contributed by atoms with van der Waals surface area (Å²) in [5.41, 5.74) is 2.18. The van der Waals surface area contributed by atoms with E-state index in [1.807, 2.05) is 0 Å². The van der Waals surface area contributed by atoms with Crippen molar-refractivity contribution in [1.82, 2.24) is 0 Å². The van der Waals surface area contributed by atoms with Crippen LogP contribution in [0.5, 0.6) is 11.5 Å². The Kier molecular flexibility index (Phi) is 4.70. The monoisotopic (exact) mass is 376 g/mol. The SMILES string of the molecule is COc1cc(C=C2C(=O)N(c3cccc(Cl)c3)N=C2C)cc(Cl)c1O. The van der Waals surface area contributed by atoms with E-state index in [0.717, 1.165) is 0 Å². The van der Waals surface area contributed by atoms with E-state index >= 15 is 0 Å². The molecule has 0 saturated heterocycles. The van der Waals surface area contributed by atoms with Crippen molar-refractivity contribution in [3.05, 3.63) is 57.6 Å². The predicted octanol–water partition coefficient (Wildman–Crippen LogP) is 4.51. The third-order valence-electron chi connectivity index (χ3n) is 3.70. The van der Waals surface area contributed by atoms with Crippen molar-refractivity contribution < 1.29 is 14.6 Å². The van der Waals surface area contributed by atoms with Crippen LogP contribution < -0.4 is 9.75 Å². The minimum absolute atomic E-state index is 0.137. The maximum absolute atomic E-state index is 12.7. The second kappa shape index (κ2) is 6.78. The first-order valence-corrected chi connectivity index (χ1v) is 8.10. The summed E-state index contributed by atoms with van der Waals surface area (Å²) in [6.45, 7) is 1.74. The van der Waals surface area contributed by atoms with Gasteiger partial charge in [0.2, 0.25) is 0 Å². The molecule has 0 radical (unpaired) electrons. The van der Waals surface area contributed by atoms with Crippen molar-refractivity contribution in [2.75, 3.05) is 12.1 Å². The van der Waals surface area contributed by atoms with Gasteiger partial charge in [-0.2, -0.15) is 10.1 Å². The van der Waals surface area contributed by atoms with Gasteiger partial charge < -0.3 is 9.84 Å². The molecule has 7 heteroatoms. The molecule has 0 unspecified atom stereocenters. The highest BCUT2D eigenvalue weighted by Crippen LogP contribution is 2.36. The molecule has 2 aromatic carbocycles. The highest BCUT2D eigenvalue weighted by molar-refractivity contribution is 6.34. The summed E-state index contributed by atoms with van der Waals surface area (Å²) in [5, 5.41) is 16.1. The zero-order valence-corrected chi connectivity index (χ0v) is 15.0. The van der Waals surface area contributed by atoms with Gasteiger partial charge in [0.1, 0.15) is 0 Å². The first-order valence-electron chi connectivity index (χ1n) is 7.34. The number of anilines is 1. The summed E-state index contributed by atoms with van der Waals surface area (Å²) >= 11 is 12.0. The van der Waals surface area contributed by atoms with E-state index in [0.29, 0.717) is 27.6 Å². The number of halogens is 2. The third kappa shape index (κ3) is 3.34. The number of ether oxygens (including phenoxy) is 1. The molecule has 0 spiro atoms. The maximum Gasteiger partial charge on any atom is 0.280 e. The average Bonchev–Trinajstić information content (AvgIpc) is 2.86. The Bertz CT molecular complexity index is 923. The van der Waals surface area contributed by atoms with Crippen molar-refractivity contribution in [2.45, 2.75) is 6.92 Å². The van der Waals surface area contributed by atoms with Crippen LogP contribution in [-0.4, -0.2) is 23.8 Å². The molecule has 128 valence electrons. The van der Waals surface area contributed by atoms with Crippen LogP contribution in [0.3, 0.4) is 0 Å². The Morgan fingerprint density at radius 2 is 2.00 bits per heavy atom. The fourth-order valence-corrected chi connectivity index (χ4v) is 2.87. The topological polar surface area (TPSA) is 62.1 Å². The van der Waals surface area contributed by atoms with Crippen LogP contribution in [0.15, 0.2) is 47.1 Å². The minimum Gasteiger partial charge on any atom is -0.503 e. The number of carbonyl (C=O) groups is 1. The third-order valence-corrected chi connectivity index (χ3v) is 4.22. The van der Waals surface area contributed by atoms with Crippen LogP contribution in [-0.2, 0) is 4.79 Å². The van der Waals surface area contributed by atoms with Crippen molar-refractivity contribution in [1.29, 1.82) is 0 Å². The van der Waals surface area contributed by atoms with Crippen LogP contribution in [0.25, 0.3) is 6.08 Å². The number of hydrogen-bond donors (Lipinski definition) is 1. The Morgan fingerprint density at radius 3 is 2.68 bits per heavy atom. The van der Waals surface area contributed by atoms with E-state index < -0.39 is 0 Å². The Balaban J connectivity index is 1.99. The van der Waals surface area contributed by atoms with Gasteiger partial charge in [0.25, 0.3) is 5.91 Å². The molecule has 25 heavy (non-hydrogen) atoms. The van der Waals surface area contributed by atoms with E-state index in [9.17, 15) is 9.90 Å². The van der Waals surface area contributed by atoms with Gasteiger partial charge >= 0.3 is 0 Å². The van der Waals surface area contributed by atoms with Gasteiger partial charge in [0.05, 0.1) is 29.1 Å². The number of amides is 1. The number of rotatable bonds is 3. The number of hydrogen-bond acceptors (Lipinski definition) is 4. The molecular formula is C18H14Cl2N2O3. The molecule has 1 amide bonds. The molecule has 2 aromatic rings. The van der Waals surface area contributed by atoms with Crippen molar-refractivity contribution >= 4 is 46.6 Å². The molecule has 1 heterocycles. The largest absolute Gasteiger partial charge is 0.503 e. The van der Waals surface area contributed by atoms with E-state index in [4.69, 9.17) is 27.9 Å². The Morgan fingerprint density at radius 1 is 1.24 bits per heavy atom. The average molecular weight is 377 g/mol. The standard InChI is InChI=1S/C18H14Cl2N2O3/c1-10-14(6-11-7-15(20)17(23)16(8-11)25-2)18(24)22(21-10)13-5-3-4-12(19)9-13/h3-9,23H,1-2H3. The number of benzene rings is 2. The normalized spacial score (nSPS) is 15.7. The molecule has 0 aromatic heterocycles. The minimum atomic E-state index is -0.275. The van der Waals surface area contributed by atoms with Gasteiger partial charge in [-0.05, 0) is 48.9 Å². The molecule has 1 aliphatic rings. The zero-order valence-electron chi connectivity index (χ0n) is 13.5. The number of hydrazone groups is 1. The molecular weight excluding hydrogens is 363 g/mol. The number of methoxy groups -OCH3 is 1. The van der Waals surface area contributed by atoms with E-state index in [1.54, 1.807) is 49.4 Å². The lowest BCUT2D eigenvalue weighted by Crippen LogP contribution is -2.21. The van der Waals surface area contributed by atoms with E-state index in [2.05, 4.69) is 5.10 Å². The van der Waals surface area contributed by atoms with Crippen LogP contribution in [0.1, 0.15) is 12.5 Å². The summed E-state index contributed by atoms with van der Waals surface area (Å²) < 4.78 is 5.08. The number of aromatic hydroxyl groups is 1. The number of carbonyl (C=O) groups excluding carboxylic acids is 1. The highest BCUT2D eigenvalue weighted by Gasteiger charge is 2.29. The van der Waals surface area contributed by atoms with Gasteiger partial charge in [-0.3, -0.25) is 4.79 Å². The summed E-state index contributed by atoms with van der Waals surface area (Å²) in [6.07, 6.45) is 1.65. The van der Waals surface area contributed by atoms with Gasteiger partial charge in [0, 0.05) is 5.02 Å². The summed E-state index contributed by atoms with van der Waals surface area (Å²) in [7, 11) is 1.43. The quantitative estimate of drug-likeness (QED) is 0.801. The lowest BCUT2D eigenvalue weighted by atomic mass is 10.1. The summed E-state index contributed by atoms with van der Waals surface area (Å²) in [5.74, 6) is -0.191. The number of phenols is 1. The predicted molar refractivity (Wildman–Crippen MR) is 99.7 cm³/mol.